The highest BCUT2D eigenvalue weighted by atomic mass is 16.4. The normalized spacial score (nSPS) is 12.4. The number of aryl methyl sites for hydroxylation is 4. The van der Waals surface area contributed by atoms with E-state index in [0.717, 1.165) is 22.3 Å². The Morgan fingerprint density at radius 1 is 1.08 bits per heavy atom. The topological polar surface area (TPSA) is 149 Å². The van der Waals surface area contributed by atoms with Gasteiger partial charge in [0, 0.05) is 28.9 Å². The van der Waals surface area contributed by atoms with Crippen molar-refractivity contribution in [3.8, 4) is 5.75 Å². The lowest BCUT2D eigenvalue weighted by Gasteiger charge is -2.20. The van der Waals surface area contributed by atoms with Gasteiger partial charge in [-0.2, -0.15) is 0 Å². The third kappa shape index (κ3) is 4.12. The average molecular weight is 502 g/mol. The van der Waals surface area contributed by atoms with Crippen LogP contribution >= 0.6 is 0 Å². The summed E-state index contributed by atoms with van der Waals surface area (Å²) in [5.41, 5.74) is 4.13. The predicted octanol–water partition coefficient (Wildman–Crippen LogP) is 2.98. The van der Waals surface area contributed by atoms with Gasteiger partial charge >= 0.3 is 5.63 Å². The first kappa shape index (κ1) is 24.2. The van der Waals surface area contributed by atoms with Crippen molar-refractivity contribution in [3.05, 3.63) is 74.5 Å². The van der Waals surface area contributed by atoms with E-state index in [1.165, 1.54) is 12.1 Å². The number of aromatic amines is 1. The molecule has 0 saturated heterocycles. The molecule has 3 N–H and O–H groups in total. The Labute approximate surface area is 210 Å². The molecule has 0 aliphatic heterocycles. The van der Waals surface area contributed by atoms with Crippen LogP contribution in [0.3, 0.4) is 0 Å². The SMILES string of the molecule is Cc1oc2c(c(C)cc3oc(=O)c(CC(=O)N[C@H](Cc4c[nH]c5ccc(O)cc45)C(=O)[O-])c(C)c32)c1C. The number of amides is 1. The zero-order chi connectivity index (χ0) is 26.6. The van der Waals surface area contributed by atoms with E-state index in [2.05, 4.69) is 10.3 Å². The lowest BCUT2D eigenvalue weighted by atomic mass is 9.98. The van der Waals surface area contributed by atoms with Gasteiger partial charge in [-0.05, 0) is 74.2 Å². The molecule has 1 atom stereocenters. The van der Waals surface area contributed by atoms with E-state index in [0.29, 0.717) is 38.6 Å². The first-order valence-corrected chi connectivity index (χ1v) is 11.8. The van der Waals surface area contributed by atoms with Crippen LogP contribution in [0.5, 0.6) is 5.75 Å². The largest absolute Gasteiger partial charge is 0.548 e. The van der Waals surface area contributed by atoms with Crippen molar-refractivity contribution >= 4 is 44.7 Å². The Balaban J connectivity index is 1.47. The third-order valence-corrected chi connectivity index (χ3v) is 7.01. The molecule has 0 unspecified atom stereocenters. The second-order valence-corrected chi connectivity index (χ2v) is 9.41. The van der Waals surface area contributed by atoms with Crippen LogP contribution in [0.4, 0.5) is 0 Å². The van der Waals surface area contributed by atoms with Gasteiger partial charge in [-0.15, -0.1) is 0 Å². The number of nitrogens with one attached hydrogen (secondary N) is 2. The monoisotopic (exact) mass is 501 g/mol. The van der Waals surface area contributed by atoms with E-state index < -0.39 is 23.5 Å². The van der Waals surface area contributed by atoms with Gasteiger partial charge in [0.05, 0.1) is 29.4 Å². The Kier molecular flexibility index (Phi) is 5.78. The van der Waals surface area contributed by atoms with Crippen LogP contribution in [-0.4, -0.2) is 28.0 Å². The van der Waals surface area contributed by atoms with Crippen LogP contribution < -0.4 is 16.0 Å². The second kappa shape index (κ2) is 8.85. The van der Waals surface area contributed by atoms with E-state index in [1.54, 1.807) is 25.3 Å². The molecule has 0 aliphatic carbocycles. The molecular weight excluding hydrogens is 476 g/mol. The summed E-state index contributed by atoms with van der Waals surface area (Å²) in [5, 5.41) is 26.3. The number of hydrogen-bond acceptors (Lipinski definition) is 7. The van der Waals surface area contributed by atoms with Gasteiger partial charge in [-0.3, -0.25) is 4.79 Å². The summed E-state index contributed by atoms with van der Waals surface area (Å²) in [6, 6.07) is 5.12. The molecule has 0 spiro atoms. The maximum atomic E-state index is 12.9. The number of aromatic hydroxyl groups is 1. The first-order valence-electron chi connectivity index (χ1n) is 11.8. The molecule has 5 aromatic rings. The summed E-state index contributed by atoms with van der Waals surface area (Å²) in [7, 11) is 0. The average Bonchev–Trinajstić information content (AvgIpc) is 3.36. The van der Waals surface area contributed by atoms with Crippen molar-refractivity contribution in [2.45, 2.75) is 46.6 Å². The number of carbonyl (C=O) groups is 2. The van der Waals surface area contributed by atoms with Crippen molar-refractivity contribution in [2.75, 3.05) is 0 Å². The zero-order valence-electron chi connectivity index (χ0n) is 20.8. The van der Waals surface area contributed by atoms with Crippen LogP contribution in [0.1, 0.15) is 33.6 Å². The van der Waals surface area contributed by atoms with Gasteiger partial charge in [0.2, 0.25) is 5.91 Å². The number of phenolic OH excluding ortho intramolecular Hbond substituents is 1. The molecular formula is C28H25N2O7-. The second-order valence-electron chi connectivity index (χ2n) is 9.41. The molecule has 9 heteroatoms. The fourth-order valence-corrected chi connectivity index (χ4v) is 4.99. The lowest BCUT2D eigenvalue weighted by Crippen LogP contribution is -2.49. The smallest absolute Gasteiger partial charge is 0.340 e. The van der Waals surface area contributed by atoms with Crippen molar-refractivity contribution in [3.63, 3.8) is 0 Å². The molecule has 2 aromatic carbocycles. The van der Waals surface area contributed by atoms with E-state index in [9.17, 15) is 24.6 Å². The number of benzene rings is 2. The first-order chi connectivity index (χ1) is 17.5. The molecule has 0 radical (unpaired) electrons. The minimum atomic E-state index is -1.47. The van der Waals surface area contributed by atoms with Crippen molar-refractivity contribution < 1.29 is 28.6 Å². The number of fused-ring (bicyclic) bond motifs is 4. The van der Waals surface area contributed by atoms with Gasteiger partial charge in [0.25, 0.3) is 0 Å². The van der Waals surface area contributed by atoms with Crippen molar-refractivity contribution in [1.82, 2.24) is 10.3 Å². The van der Waals surface area contributed by atoms with Gasteiger partial charge in [-0.25, -0.2) is 4.79 Å². The maximum Gasteiger partial charge on any atom is 0.340 e. The number of carboxylic acids is 1. The highest BCUT2D eigenvalue weighted by Gasteiger charge is 2.23. The minimum absolute atomic E-state index is 0.0344. The minimum Gasteiger partial charge on any atom is -0.548 e. The summed E-state index contributed by atoms with van der Waals surface area (Å²) < 4.78 is 11.6. The number of H-pyrrole nitrogens is 1. The van der Waals surface area contributed by atoms with E-state index in [4.69, 9.17) is 8.83 Å². The predicted molar refractivity (Wildman–Crippen MR) is 136 cm³/mol. The maximum absolute atomic E-state index is 12.9. The number of hydrogen-bond donors (Lipinski definition) is 3. The van der Waals surface area contributed by atoms with Crippen LogP contribution in [0.25, 0.3) is 32.8 Å². The Hall–Kier alpha value is -4.53. The molecule has 1 amide bonds. The molecule has 3 heterocycles. The van der Waals surface area contributed by atoms with Crippen LogP contribution in [-0.2, 0) is 22.4 Å². The van der Waals surface area contributed by atoms with Crippen LogP contribution in [0.15, 0.2) is 44.1 Å². The lowest BCUT2D eigenvalue weighted by molar-refractivity contribution is -0.308. The standard InChI is InChI=1S/C28H26N2O7/c1-12-7-22-25(26-24(12)13(2)15(4)36-26)14(3)18(28(35)37-22)10-23(32)30-21(27(33)34)8-16-11-29-20-6-5-17(31)9-19(16)20/h5-7,9,11,21,29,31H,8,10H2,1-4H3,(H,30,32)(H,33,34)/p-1/t21-/m1/s1. The molecule has 5 rings (SSSR count). The highest BCUT2D eigenvalue weighted by molar-refractivity contribution is 6.07. The summed E-state index contributed by atoms with van der Waals surface area (Å²) in [4.78, 5) is 40.6. The number of aliphatic carboxylic acids is 1. The highest BCUT2D eigenvalue weighted by Crippen LogP contribution is 2.36. The van der Waals surface area contributed by atoms with E-state index >= 15 is 0 Å². The quantitative estimate of drug-likeness (QED) is 0.303. The van der Waals surface area contributed by atoms with Gasteiger partial charge < -0.3 is 34.1 Å². The van der Waals surface area contributed by atoms with E-state index in [-0.39, 0.29) is 24.2 Å². The molecule has 0 saturated carbocycles. The Morgan fingerprint density at radius 3 is 2.57 bits per heavy atom. The number of aromatic nitrogens is 1. The molecule has 9 nitrogen and oxygen atoms in total. The molecule has 0 fully saturated rings. The molecule has 0 aliphatic rings. The molecule has 0 bridgehead atoms. The summed E-state index contributed by atoms with van der Waals surface area (Å²) in [6.07, 6.45) is 1.17. The van der Waals surface area contributed by atoms with Crippen LogP contribution in [0.2, 0.25) is 0 Å². The number of rotatable bonds is 6. The fourth-order valence-electron chi connectivity index (χ4n) is 4.99. The molecule has 190 valence electrons. The molecule has 3 aromatic heterocycles. The molecule has 37 heavy (non-hydrogen) atoms. The summed E-state index contributed by atoms with van der Waals surface area (Å²) >= 11 is 0. The summed E-state index contributed by atoms with van der Waals surface area (Å²) in [6.45, 7) is 7.45. The van der Waals surface area contributed by atoms with Gasteiger partial charge in [-0.1, -0.05) is 0 Å². The fraction of sp³-hybridized carbons (Fsp3) is 0.250. The van der Waals surface area contributed by atoms with E-state index in [1.807, 2.05) is 20.8 Å². The van der Waals surface area contributed by atoms with Gasteiger partial charge in [0.1, 0.15) is 22.7 Å². The number of carbonyl (C=O) groups excluding carboxylic acids is 2. The number of carboxylic acid groups (broad SMARTS) is 1. The van der Waals surface area contributed by atoms with Crippen molar-refractivity contribution in [1.29, 1.82) is 0 Å². The van der Waals surface area contributed by atoms with Crippen LogP contribution in [0, 0.1) is 27.7 Å². The van der Waals surface area contributed by atoms with Gasteiger partial charge in [0.15, 0.2) is 0 Å². The number of furan rings is 1. The van der Waals surface area contributed by atoms with Crippen molar-refractivity contribution in [2.24, 2.45) is 0 Å². The number of phenols is 1. The summed E-state index contributed by atoms with van der Waals surface area (Å²) in [5.74, 6) is -1.35. The Morgan fingerprint density at radius 2 is 1.84 bits per heavy atom. The Bertz CT molecular complexity index is 1790. The zero-order valence-corrected chi connectivity index (χ0v) is 20.8. The third-order valence-electron chi connectivity index (χ3n) is 7.01.